The van der Waals surface area contributed by atoms with Gasteiger partial charge in [0, 0.05) is 11.3 Å². The quantitative estimate of drug-likeness (QED) is 0.787. The van der Waals surface area contributed by atoms with Crippen LogP contribution in [0.15, 0.2) is 24.3 Å². The van der Waals surface area contributed by atoms with E-state index in [1.165, 1.54) is 24.0 Å². The van der Waals surface area contributed by atoms with E-state index < -0.39 is 0 Å². The number of benzene rings is 1. The van der Waals surface area contributed by atoms with Crippen LogP contribution in [-0.4, -0.2) is 23.0 Å². The van der Waals surface area contributed by atoms with Crippen LogP contribution in [-0.2, 0) is 5.75 Å². The Hall–Kier alpha value is -0.510. The van der Waals surface area contributed by atoms with E-state index in [1.807, 2.05) is 11.8 Å². The molecule has 19 heavy (non-hydrogen) atoms. The molecule has 1 saturated carbocycles. The number of aryl methyl sites for hydroxylation is 1. The Bertz CT molecular complexity index is 409. The smallest absolute Gasteiger partial charge is 0.0613 e. The van der Waals surface area contributed by atoms with Crippen LogP contribution < -0.4 is 5.73 Å². The summed E-state index contributed by atoms with van der Waals surface area (Å²) in [4.78, 5) is 0. The highest BCUT2D eigenvalue weighted by Gasteiger charge is 2.38. The molecule has 2 nitrogen and oxygen atoms in total. The minimum Gasteiger partial charge on any atom is -0.394 e. The molecule has 0 heterocycles. The van der Waals surface area contributed by atoms with Crippen molar-refractivity contribution in [2.45, 2.75) is 43.9 Å². The highest BCUT2D eigenvalue weighted by molar-refractivity contribution is 7.98. The van der Waals surface area contributed by atoms with Gasteiger partial charge >= 0.3 is 0 Å². The molecular formula is C16H25NOS. The van der Waals surface area contributed by atoms with E-state index in [4.69, 9.17) is 5.73 Å². The van der Waals surface area contributed by atoms with E-state index in [0.717, 1.165) is 24.3 Å². The Morgan fingerprint density at radius 3 is 2.95 bits per heavy atom. The molecule has 1 aliphatic carbocycles. The van der Waals surface area contributed by atoms with E-state index >= 15 is 0 Å². The van der Waals surface area contributed by atoms with Crippen LogP contribution in [0.25, 0.3) is 0 Å². The number of aliphatic hydroxyl groups is 1. The highest BCUT2D eigenvalue weighted by Crippen LogP contribution is 2.36. The van der Waals surface area contributed by atoms with E-state index in [2.05, 4.69) is 31.2 Å². The van der Waals surface area contributed by atoms with Crippen molar-refractivity contribution < 1.29 is 5.11 Å². The highest BCUT2D eigenvalue weighted by atomic mass is 32.2. The minimum atomic E-state index is -0.302. The van der Waals surface area contributed by atoms with Gasteiger partial charge in [0.1, 0.15) is 0 Å². The van der Waals surface area contributed by atoms with Gasteiger partial charge in [-0.3, -0.25) is 0 Å². The fraction of sp³-hybridized carbons (Fsp3) is 0.625. The van der Waals surface area contributed by atoms with Crippen LogP contribution in [0.2, 0.25) is 0 Å². The van der Waals surface area contributed by atoms with Gasteiger partial charge < -0.3 is 10.8 Å². The van der Waals surface area contributed by atoms with E-state index in [-0.39, 0.29) is 12.1 Å². The first-order chi connectivity index (χ1) is 9.15. The maximum absolute atomic E-state index is 9.43. The Morgan fingerprint density at radius 2 is 2.21 bits per heavy atom. The minimum absolute atomic E-state index is 0.139. The Morgan fingerprint density at radius 1 is 1.42 bits per heavy atom. The molecule has 3 heteroatoms. The predicted octanol–water partition coefficient (Wildman–Crippen LogP) is 3.11. The normalized spacial score (nSPS) is 26.8. The third-order valence-electron chi connectivity index (χ3n) is 4.43. The molecule has 0 bridgehead atoms. The number of hydrogen-bond donors (Lipinski definition) is 2. The first kappa shape index (κ1) is 14.9. The summed E-state index contributed by atoms with van der Waals surface area (Å²) in [5.41, 5.74) is 8.76. The SMILES string of the molecule is Cc1ccccc1CSCCC1CCCC1(N)CO. The Labute approximate surface area is 120 Å². The third-order valence-corrected chi connectivity index (χ3v) is 5.47. The number of rotatable bonds is 6. The molecule has 2 rings (SSSR count). The molecule has 0 radical (unpaired) electrons. The van der Waals surface area contributed by atoms with Crippen LogP contribution in [0, 0.1) is 12.8 Å². The molecule has 2 atom stereocenters. The van der Waals surface area contributed by atoms with Crippen molar-refractivity contribution in [2.75, 3.05) is 12.4 Å². The largest absolute Gasteiger partial charge is 0.394 e. The number of hydrogen-bond acceptors (Lipinski definition) is 3. The van der Waals surface area contributed by atoms with Gasteiger partial charge in [-0.25, -0.2) is 0 Å². The standard InChI is InChI=1S/C16H25NOS/c1-13-5-2-3-6-14(13)11-19-10-8-15-7-4-9-16(15,17)12-18/h2-3,5-6,15,18H,4,7-12,17H2,1H3. The molecule has 1 aliphatic rings. The lowest BCUT2D eigenvalue weighted by atomic mass is 9.87. The summed E-state index contributed by atoms with van der Waals surface area (Å²) in [5, 5.41) is 9.43. The molecule has 1 aromatic carbocycles. The fourth-order valence-electron chi connectivity index (χ4n) is 2.99. The summed E-state index contributed by atoms with van der Waals surface area (Å²) in [6, 6.07) is 8.57. The molecule has 0 aromatic heterocycles. The van der Waals surface area contributed by atoms with Crippen molar-refractivity contribution in [3.05, 3.63) is 35.4 Å². The summed E-state index contributed by atoms with van der Waals surface area (Å²) < 4.78 is 0. The van der Waals surface area contributed by atoms with Gasteiger partial charge in [-0.15, -0.1) is 0 Å². The van der Waals surface area contributed by atoms with Crippen LogP contribution in [0.1, 0.15) is 36.8 Å². The Balaban J connectivity index is 1.74. The zero-order valence-corrected chi connectivity index (χ0v) is 12.6. The molecule has 1 aromatic rings. The van der Waals surface area contributed by atoms with Crippen molar-refractivity contribution in [1.82, 2.24) is 0 Å². The lowest BCUT2D eigenvalue weighted by molar-refractivity contribution is 0.158. The maximum Gasteiger partial charge on any atom is 0.0613 e. The van der Waals surface area contributed by atoms with Gasteiger partial charge in [-0.1, -0.05) is 30.7 Å². The summed E-state index contributed by atoms with van der Waals surface area (Å²) in [5.74, 6) is 2.72. The summed E-state index contributed by atoms with van der Waals surface area (Å²) in [6.45, 7) is 2.31. The summed E-state index contributed by atoms with van der Waals surface area (Å²) >= 11 is 1.98. The molecule has 2 unspecified atom stereocenters. The third kappa shape index (κ3) is 3.74. The van der Waals surface area contributed by atoms with Crippen molar-refractivity contribution in [3.8, 4) is 0 Å². The van der Waals surface area contributed by atoms with E-state index in [9.17, 15) is 5.11 Å². The Kier molecular flexibility index (Phi) is 5.31. The number of nitrogens with two attached hydrogens (primary N) is 1. The molecule has 0 amide bonds. The van der Waals surface area contributed by atoms with Crippen LogP contribution in [0.3, 0.4) is 0 Å². The van der Waals surface area contributed by atoms with Crippen molar-refractivity contribution >= 4 is 11.8 Å². The summed E-state index contributed by atoms with van der Waals surface area (Å²) in [6.07, 6.45) is 4.47. The van der Waals surface area contributed by atoms with Gasteiger partial charge in [-0.2, -0.15) is 11.8 Å². The maximum atomic E-state index is 9.43. The molecular weight excluding hydrogens is 254 g/mol. The predicted molar refractivity (Wildman–Crippen MR) is 83.3 cm³/mol. The van der Waals surface area contributed by atoms with E-state index in [1.54, 1.807) is 0 Å². The zero-order chi connectivity index (χ0) is 13.7. The second-order valence-corrected chi connectivity index (χ2v) is 6.85. The first-order valence-corrected chi connectivity index (χ1v) is 8.33. The molecule has 3 N–H and O–H groups in total. The van der Waals surface area contributed by atoms with Crippen LogP contribution in [0.5, 0.6) is 0 Å². The van der Waals surface area contributed by atoms with Crippen LogP contribution >= 0.6 is 11.8 Å². The van der Waals surface area contributed by atoms with Crippen molar-refractivity contribution in [2.24, 2.45) is 11.7 Å². The van der Waals surface area contributed by atoms with E-state index in [0.29, 0.717) is 5.92 Å². The van der Waals surface area contributed by atoms with Gasteiger partial charge in [0.2, 0.25) is 0 Å². The average Bonchev–Trinajstić information content (AvgIpc) is 2.79. The molecule has 0 aliphatic heterocycles. The van der Waals surface area contributed by atoms with Gasteiger partial charge in [0.15, 0.2) is 0 Å². The first-order valence-electron chi connectivity index (χ1n) is 7.18. The average molecular weight is 279 g/mol. The fourth-order valence-corrected chi connectivity index (χ4v) is 4.13. The van der Waals surface area contributed by atoms with Crippen molar-refractivity contribution in [3.63, 3.8) is 0 Å². The van der Waals surface area contributed by atoms with Gasteiger partial charge in [-0.05, 0) is 49.0 Å². The lowest BCUT2D eigenvalue weighted by Crippen LogP contribution is -2.47. The zero-order valence-electron chi connectivity index (χ0n) is 11.8. The van der Waals surface area contributed by atoms with Gasteiger partial charge in [0.25, 0.3) is 0 Å². The lowest BCUT2D eigenvalue weighted by Gasteiger charge is -2.29. The number of aliphatic hydroxyl groups excluding tert-OH is 1. The number of thioether (sulfide) groups is 1. The van der Waals surface area contributed by atoms with Crippen LogP contribution in [0.4, 0.5) is 0 Å². The van der Waals surface area contributed by atoms with Crippen molar-refractivity contribution in [1.29, 1.82) is 0 Å². The molecule has 1 fully saturated rings. The van der Waals surface area contributed by atoms with Gasteiger partial charge in [0.05, 0.1) is 6.61 Å². The molecule has 0 saturated heterocycles. The second-order valence-electron chi connectivity index (χ2n) is 5.75. The molecule has 0 spiro atoms. The molecule has 106 valence electrons. The second kappa shape index (κ2) is 6.78. The summed E-state index contributed by atoms with van der Waals surface area (Å²) in [7, 11) is 0. The monoisotopic (exact) mass is 279 g/mol. The topological polar surface area (TPSA) is 46.2 Å².